The number of carbonyl (C=O) groups excluding carboxylic acids is 1. The third kappa shape index (κ3) is 3.75. The lowest BCUT2D eigenvalue weighted by molar-refractivity contribution is 0.0742. The molecule has 1 aromatic carbocycles. The maximum Gasteiger partial charge on any atom is 0.261 e. The Kier molecular flexibility index (Phi) is 5.21. The molecule has 1 aromatic heterocycles. The number of nitrogens with zero attached hydrogens (tertiary/aromatic N) is 4. The average molecular weight is 346 g/mol. The highest BCUT2D eigenvalue weighted by Crippen LogP contribution is 2.21. The fourth-order valence-corrected chi connectivity index (χ4v) is 2.95. The molecule has 1 amide bonds. The van der Waals surface area contributed by atoms with Crippen LogP contribution in [0.15, 0.2) is 30.5 Å². The van der Waals surface area contributed by atoms with Gasteiger partial charge in [-0.05, 0) is 38.1 Å². The van der Waals surface area contributed by atoms with E-state index in [0.717, 1.165) is 5.69 Å². The van der Waals surface area contributed by atoms with Gasteiger partial charge in [0.05, 0.1) is 6.61 Å². The van der Waals surface area contributed by atoms with E-state index < -0.39 is 0 Å². The maximum absolute atomic E-state index is 13.1. The van der Waals surface area contributed by atoms with Crippen molar-refractivity contribution in [1.82, 2.24) is 14.7 Å². The van der Waals surface area contributed by atoms with Gasteiger partial charge in [0, 0.05) is 44.6 Å². The van der Waals surface area contributed by atoms with E-state index in [2.05, 4.69) is 10.00 Å². The van der Waals surface area contributed by atoms with Crippen molar-refractivity contribution in [2.75, 3.05) is 37.7 Å². The van der Waals surface area contributed by atoms with Crippen LogP contribution in [0, 0.1) is 5.82 Å². The van der Waals surface area contributed by atoms with E-state index in [1.807, 2.05) is 18.7 Å². The minimum atomic E-state index is -0.242. The Morgan fingerprint density at radius 3 is 2.44 bits per heavy atom. The number of amides is 1. The summed E-state index contributed by atoms with van der Waals surface area (Å²) in [6.45, 7) is 7.65. The highest BCUT2D eigenvalue weighted by atomic mass is 19.1. The summed E-state index contributed by atoms with van der Waals surface area (Å²) >= 11 is 0. The Hall–Kier alpha value is -2.57. The minimum Gasteiger partial charge on any atom is -0.476 e. The smallest absolute Gasteiger partial charge is 0.261 e. The van der Waals surface area contributed by atoms with Crippen LogP contribution in [0.2, 0.25) is 0 Å². The second-order valence-electron chi connectivity index (χ2n) is 5.89. The molecule has 6 nitrogen and oxygen atoms in total. The van der Waals surface area contributed by atoms with Crippen molar-refractivity contribution in [3.05, 3.63) is 41.8 Å². The summed E-state index contributed by atoms with van der Waals surface area (Å²) < 4.78 is 20.3. The van der Waals surface area contributed by atoms with Gasteiger partial charge in [-0.1, -0.05) is 0 Å². The van der Waals surface area contributed by atoms with Gasteiger partial charge in [0.15, 0.2) is 0 Å². The maximum atomic E-state index is 13.1. The first kappa shape index (κ1) is 17.3. The number of anilines is 1. The van der Waals surface area contributed by atoms with Crippen LogP contribution in [0.3, 0.4) is 0 Å². The summed E-state index contributed by atoms with van der Waals surface area (Å²) in [4.78, 5) is 16.8. The summed E-state index contributed by atoms with van der Waals surface area (Å²) in [7, 11) is 0. The van der Waals surface area contributed by atoms with Crippen LogP contribution in [-0.4, -0.2) is 53.4 Å². The third-order valence-electron chi connectivity index (χ3n) is 4.32. The monoisotopic (exact) mass is 346 g/mol. The molecule has 2 aromatic rings. The Balaban J connectivity index is 1.67. The first-order chi connectivity index (χ1) is 12.1. The molecule has 0 aliphatic carbocycles. The fraction of sp³-hybridized carbons (Fsp3) is 0.444. The molecule has 0 spiro atoms. The van der Waals surface area contributed by atoms with Crippen LogP contribution in [-0.2, 0) is 6.54 Å². The van der Waals surface area contributed by atoms with Gasteiger partial charge in [0.25, 0.3) is 5.91 Å². The fourth-order valence-electron chi connectivity index (χ4n) is 2.95. The zero-order valence-corrected chi connectivity index (χ0v) is 14.6. The molecule has 1 aliphatic heterocycles. The topological polar surface area (TPSA) is 50.6 Å². The van der Waals surface area contributed by atoms with E-state index >= 15 is 0 Å². The molecule has 1 saturated heterocycles. The van der Waals surface area contributed by atoms with Crippen LogP contribution >= 0.6 is 0 Å². The number of hydrogen-bond donors (Lipinski definition) is 0. The molecular formula is C18H23FN4O2. The van der Waals surface area contributed by atoms with Crippen LogP contribution in [0.4, 0.5) is 10.1 Å². The Morgan fingerprint density at radius 2 is 1.84 bits per heavy atom. The summed E-state index contributed by atoms with van der Waals surface area (Å²) in [6.07, 6.45) is 1.75. The number of hydrogen-bond acceptors (Lipinski definition) is 4. The second kappa shape index (κ2) is 7.55. The van der Waals surface area contributed by atoms with Crippen molar-refractivity contribution in [2.45, 2.75) is 20.4 Å². The van der Waals surface area contributed by atoms with Gasteiger partial charge in [-0.25, -0.2) is 4.39 Å². The molecule has 0 saturated carbocycles. The van der Waals surface area contributed by atoms with Crippen LogP contribution < -0.4 is 9.64 Å². The van der Waals surface area contributed by atoms with Crippen LogP contribution in [0.5, 0.6) is 5.88 Å². The SMILES string of the molecule is CCOc1nn(CC)cc1C(=O)N1CCN(c2ccc(F)cc2)CC1. The normalized spacial score (nSPS) is 14.7. The number of ether oxygens (including phenoxy) is 1. The predicted molar refractivity (Wildman–Crippen MR) is 93.6 cm³/mol. The van der Waals surface area contributed by atoms with Crippen LogP contribution in [0.25, 0.3) is 0 Å². The molecule has 2 heterocycles. The molecule has 0 radical (unpaired) electrons. The van der Waals surface area contributed by atoms with Gasteiger partial charge in [-0.3, -0.25) is 9.48 Å². The first-order valence-electron chi connectivity index (χ1n) is 8.62. The largest absolute Gasteiger partial charge is 0.476 e. The molecule has 0 atom stereocenters. The number of aromatic nitrogens is 2. The minimum absolute atomic E-state index is 0.0538. The lowest BCUT2D eigenvalue weighted by Gasteiger charge is -2.36. The van der Waals surface area contributed by atoms with Crippen molar-refractivity contribution in [1.29, 1.82) is 0 Å². The standard InChI is InChI=1S/C18H23FN4O2/c1-3-23-13-16(17(20-23)25-4-2)18(24)22-11-9-21(10-12-22)15-7-5-14(19)6-8-15/h5-8,13H,3-4,9-12H2,1-2H3. The zero-order chi connectivity index (χ0) is 17.8. The molecular weight excluding hydrogens is 323 g/mol. The summed E-state index contributed by atoms with van der Waals surface area (Å²) in [5.41, 5.74) is 1.49. The van der Waals surface area contributed by atoms with E-state index in [0.29, 0.717) is 50.8 Å². The van der Waals surface area contributed by atoms with E-state index in [4.69, 9.17) is 4.74 Å². The molecule has 1 fully saturated rings. The summed E-state index contributed by atoms with van der Waals surface area (Å²) in [5.74, 6) is 0.103. The lowest BCUT2D eigenvalue weighted by Crippen LogP contribution is -2.48. The lowest BCUT2D eigenvalue weighted by atomic mass is 10.2. The molecule has 7 heteroatoms. The van der Waals surface area contributed by atoms with Crippen molar-refractivity contribution in [2.24, 2.45) is 0 Å². The third-order valence-corrected chi connectivity index (χ3v) is 4.32. The number of rotatable bonds is 5. The van der Waals surface area contributed by atoms with E-state index in [-0.39, 0.29) is 11.7 Å². The van der Waals surface area contributed by atoms with Crippen molar-refractivity contribution in [3.8, 4) is 5.88 Å². The highest BCUT2D eigenvalue weighted by molar-refractivity contribution is 5.96. The Morgan fingerprint density at radius 1 is 1.16 bits per heavy atom. The number of halogens is 1. The number of benzene rings is 1. The molecule has 1 aliphatic rings. The molecule has 25 heavy (non-hydrogen) atoms. The number of aryl methyl sites for hydroxylation is 1. The van der Waals surface area contributed by atoms with Gasteiger partial charge < -0.3 is 14.5 Å². The predicted octanol–water partition coefficient (Wildman–Crippen LogP) is 2.40. The van der Waals surface area contributed by atoms with E-state index in [9.17, 15) is 9.18 Å². The number of piperazine rings is 1. The van der Waals surface area contributed by atoms with Gasteiger partial charge in [-0.15, -0.1) is 5.10 Å². The van der Waals surface area contributed by atoms with Gasteiger partial charge >= 0.3 is 0 Å². The Bertz CT molecular complexity index is 721. The summed E-state index contributed by atoms with van der Waals surface area (Å²) in [6, 6.07) is 6.46. The molecule has 134 valence electrons. The van der Waals surface area contributed by atoms with Crippen molar-refractivity contribution >= 4 is 11.6 Å². The summed E-state index contributed by atoms with van der Waals surface area (Å²) in [5, 5.41) is 4.31. The Labute approximate surface area is 146 Å². The van der Waals surface area contributed by atoms with E-state index in [1.165, 1.54) is 12.1 Å². The quantitative estimate of drug-likeness (QED) is 0.834. The number of carbonyl (C=O) groups is 1. The second-order valence-corrected chi connectivity index (χ2v) is 5.89. The van der Waals surface area contributed by atoms with Gasteiger partial charge in [-0.2, -0.15) is 0 Å². The van der Waals surface area contributed by atoms with Crippen LogP contribution in [0.1, 0.15) is 24.2 Å². The van der Waals surface area contributed by atoms with E-state index in [1.54, 1.807) is 23.0 Å². The first-order valence-corrected chi connectivity index (χ1v) is 8.62. The molecule has 0 bridgehead atoms. The van der Waals surface area contributed by atoms with Crippen molar-refractivity contribution in [3.63, 3.8) is 0 Å². The van der Waals surface area contributed by atoms with Crippen molar-refractivity contribution < 1.29 is 13.9 Å². The highest BCUT2D eigenvalue weighted by Gasteiger charge is 2.26. The van der Waals surface area contributed by atoms with Gasteiger partial charge in [0.2, 0.25) is 5.88 Å². The average Bonchev–Trinajstić information content (AvgIpc) is 3.05. The van der Waals surface area contributed by atoms with Gasteiger partial charge in [0.1, 0.15) is 11.4 Å². The molecule has 3 rings (SSSR count). The molecule has 0 unspecified atom stereocenters. The molecule has 0 N–H and O–H groups in total. The zero-order valence-electron chi connectivity index (χ0n) is 14.6.